The van der Waals surface area contributed by atoms with Gasteiger partial charge in [0.2, 0.25) is 0 Å². The fourth-order valence-electron chi connectivity index (χ4n) is 0.862. The second-order valence-corrected chi connectivity index (χ2v) is 3.00. The van der Waals surface area contributed by atoms with E-state index in [0.29, 0.717) is 39.6 Å². The highest BCUT2D eigenvalue weighted by Crippen LogP contribution is 1.89. The predicted molar refractivity (Wildman–Crippen MR) is 57.3 cm³/mol. The smallest absolute Gasteiger partial charge is 0.178 e. The Labute approximate surface area is 96.4 Å². The van der Waals surface area contributed by atoms with E-state index in [0.717, 1.165) is 0 Å². The van der Waals surface area contributed by atoms with E-state index in [1.807, 2.05) is 0 Å². The number of aliphatic hydroxyl groups excluding tert-OH is 1. The summed E-state index contributed by atoms with van der Waals surface area (Å²) in [6, 6.07) is 0. The zero-order chi connectivity index (χ0) is 12.1. The van der Waals surface area contributed by atoms with Crippen LogP contribution in [-0.2, 0) is 23.7 Å². The fraction of sp³-hybridized carbons (Fsp3) is 1.00. The lowest BCUT2D eigenvalue weighted by molar-refractivity contribution is -0.148. The summed E-state index contributed by atoms with van der Waals surface area (Å²) in [4.78, 5) is 0. The number of hydrogen-bond donors (Lipinski definition) is 1. The SMILES string of the molecule is COCCOCCOC(O)COCCOC. The van der Waals surface area contributed by atoms with Crippen molar-refractivity contribution in [1.82, 2.24) is 0 Å². The van der Waals surface area contributed by atoms with Gasteiger partial charge in [-0.15, -0.1) is 0 Å². The molecule has 0 aliphatic heterocycles. The summed E-state index contributed by atoms with van der Waals surface area (Å²) in [6.45, 7) is 2.94. The summed E-state index contributed by atoms with van der Waals surface area (Å²) in [5.74, 6) is 0. The Morgan fingerprint density at radius 1 is 0.812 bits per heavy atom. The molecule has 0 saturated heterocycles. The largest absolute Gasteiger partial charge is 0.382 e. The van der Waals surface area contributed by atoms with Crippen LogP contribution in [0.2, 0.25) is 0 Å². The quantitative estimate of drug-likeness (QED) is 0.370. The molecule has 0 aromatic carbocycles. The van der Waals surface area contributed by atoms with Crippen LogP contribution in [0.1, 0.15) is 0 Å². The van der Waals surface area contributed by atoms with Crippen molar-refractivity contribution in [3.8, 4) is 0 Å². The van der Waals surface area contributed by atoms with Crippen LogP contribution in [0.25, 0.3) is 0 Å². The van der Waals surface area contributed by atoms with E-state index in [2.05, 4.69) is 0 Å². The minimum absolute atomic E-state index is 0.140. The van der Waals surface area contributed by atoms with Gasteiger partial charge in [-0.3, -0.25) is 0 Å². The molecule has 0 bridgehead atoms. The molecule has 6 nitrogen and oxygen atoms in total. The average Bonchev–Trinajstić information content (AvgIpc) is 2.29. The Hall–Kier alpha value is -0.240. The van der Waals surface area contributed by atoms with E-state index >= 15 is 0 Å². The second kappa shape index (κ2) is 12.8. The van der Waals surface area contributed by atoms with Crippen molar-refractivity contribution in [3.05, 3.63) is 0 Å². The second-order valence-electron chi connectivity index (χ2n) is 3.00. The van der Waals surface area contributed by atoms with E-state index in [1.54, 1.807) is 14.2 Å². The molecular weight excluding hydrogens is 216 g/mol. The monoisotopic (exact) mass is 238 g/mol. The van der Waals surface area contributed by atoms with Crippen LogP contribution in [0.4, 0.5) is 0 Å². The van der Waals surface area contributed by atoms with Crippen molar-refractivity contribution in [2.24, 2.45) is 0 Å². The molecule has 0 aromatic rings. The molecule has 0 amide bonds. The highest BCUT2D eigenvalue weighted by Gasteiger charge is 2.03. The Balaban J connectivity index is 3.08. The van der Waals surface area contributed by atoms with Gasteiger partial charge in [0.15, 0.2) is 6.29 Å². The molecule has 16 heavy (non-hydrogen) atoms. The van der Waals surface area contributed by atoms with Gasteiger partial charge in [-0.2, -0.15) is 0 Å². The summed E-state index contributed by atoms with van der Waals surface area (Å²) in [7, 11) is 3.20. The first-order chi connectivity index (χ1) is 7.81. The standard InChI is InChI=1S/C10H22O6/c1-12-3-5-14-7-8-16-10(11)9-15-6-4-13-2/h10-11H,3-9H2,1-2H3. The molecule has 0 spiro atoms. The Morgan fingerprint density at radius 3 is 2.00 bits per heavy atom. The van der Waals surface area contributed by atoms with E-state index in [9.17, 15) is 5.11 Å². The van der Waals surface area contributed by atoms with Crippen molar-refractivity contribution >= 4 is 0 Å². The van der Waals surface area contributed by atoms with E-state index in [1.165, 1.54) is 0 Å². The molecule has 1 atom stereocenters. The van der Waals surface area contributed by atoms with Gasteiger partial charge in [0, 0.05) is 14.2 Å². The van der Waals surface area contributed by atoms with Gasteiger partial charge in [-0.1, -0.05) is 0 Å². The highest BCUT2D eigenvalue weighted by atomic mass is 16.6. The van der Waals surface area contributed by atoms with Crippen LogP contribution < -0.4 is 0 Å². The maximum absolute atomic E-state index is 9.28. The van der Waals surface area contributed by atoms with Crippen LogP contribution in [0.3, 0.4) is 0 Å². The Kier molecular flexibility index (Phi) is 12.6. The first-order valence-electron chi connectivity index (χ1n) is 5.24. The van der Waals surface area contributed by atoms with E-state index in [4.69, 9.17) is 23.7 Å². The van der Waals surface area contributed by atoms with Gasteiger partial charge in [0.05, 0.1) is 46.2 Å². The molecule has 6 heteroatoms. The van der Waals surface area contributed by atoms with Gasteiger partial charge >= 0.3 is 0 Å². The number of rotatable bonds is 12. The molecule has 0 rings (SSSR count). The van der Waals surface area contributed by atoms with E-state index < -0.39 is 6.29 Å². The van der Waals surface area contributed by atoms with Crippen molar-refractivity contribution < 1.29 is 28.8 Å². The van der Waals surface area contributed by atoms with Crippen LogP contribution in [0.5, 0.6) is 0 Å². The maximum Gasteiger partial charge on any atom is 0.178 e. The van der Waals surface area contributed by atoms with Gasteiger partial charge in [-0.25, -0.2) is 0 Å². The number of methoxy groups -OCH3 is 2. The molecule has 1 N–H and O–H groups in total. The van der Waals surface area contributed by atoms with Crippen molar-refractivity contribution in [1.29, 1.82) is 0 Å². The minimum Gasteiger partial charge on any atom is -0.382 e. The summed E-state index contributed by atoms with van der Waals surface area (Å²) in [6.07, 6.45) is -0.914. The van der Waals surface area contributed by atoms with Gasteiger partial charge in [-0.05, 0) is 0 Å². The van der Waals surface area contributed by atoms with Crippen molar-refractivity contribution in [2.45, 2.75) is 6.29 Å². The fourth-order valence-corrected chi connectivity index (χ4v) is 0.862. The summed E-state index contributed by atoms with van der Waals surface area (Å²) >= 11 is 0. The third-order valence-corrected chi connectivity index (χ3v) is 1.66. The molecule has 0 heterocycles. The Bertz CT molecular complexity index is 132. The maximum atomic E-state index is 9.28. The lowest BCUT2D eigenvalue weighted by Gasteiger charge is -2.12. The molecule has 0 aliphatic rings. The average molecular weight is 238 g/mol. The molecule has 0 saturated carbocycles. The first kappa shape index (κ1) is 15.8. The number of aliphatic hydroxyl groups is 1. The summed E-state index contributed by atoms with van der Waals surface area (Å²) in [5.41, 5.74) is 0. The van der Waals surface area contributed by atoms with Crippen molar-refractivity contribution in [3.63, 3.8) is 0 Å². The number of ether oxygens (including phenoxy) is 5. The zero-order valence-electron chi connectivity index (χ0n) is 10.0. The minimum atomic E-state index is -0.914. The lowest BCUT2D eigenvalue weighted by atomic mass is 10.6. The van der Waals surface area contributed by atoms with Crippen molar-refractivity contribution in [2.75, 3.05) is 60.5 Å². The topological polar surface area (TPSA) is 66.4 Å². The van der Waals surface area contributed by atoms with Crippen LogP contribution in [0.15, 0.2) is 0 Å². The van der Waals surface area contributed by atoms with Gasteiger partial charge in [0.1, 0.15) is 0 Å². The third-order valence-electron chi connectivity index (χ3n) is 1.66. The van der Waals surface area contributed by atoms with E-state index in [-0.39, 0.29) is 6.61 Å². The summed E-state index contributed by atoms with van der Waals surface area (Å²) in [5, 5.41) is 9.28. The van der Waals surface area contributed by atoms with Gasteiger partial charge < -0.3 is 28.8 Å². The normalized spacial score (nSPS) is 12.9. The molecule has 98 valence electrons. The first-order valence-corrected chi connectivity index (χ1v) is 5.24. The van der Waals surface area contributed by atoms with Crippen LogP contribution in [0, 0.1) is 0 Å². The molecule has 0 radical (unpaired) electrons. The lowest BCUT2D eigenvalue weighted by Crippen LogP contribution is -2.22. The molecule has 0 aliphatic carbocycles. The summed E-state index contributed by atoms with van der Waals surface area (Å²) < 4.78 is 24.8. The molecule has 0 fully saturated rings. The molecule has 1 unspecified atom stereocenters. The highest BCUT2D eigenvalue weighted by molar-refractivity contribution is 4.39. The predicted octanol–water partition coefficient (Wildman–Crippen LogP) is -0.353. The van der Waals surface area contributed by atoms with Crippen LogP contribution >= 0.6 is 0 Å². The molecular formula is C10H22O6. The Morgan fingerprint density at radius 2 is 1.38 bits per heavy atom. The third kappa shape index (κ3) is 11.8. The zero-order valence-corrected chi connectivity index (χ0v) is 10.0. The molecule has 0 aromatic heterocycles. The van der Waals surface area contributed by atoms with Gasteiger partial charge in [0.25, 0.3) is 0 Å². The van der Waals surface area contributed by atoms with Crippen LogP contribution in [-0.4, -0.2) is 71.9 Å². The number of hydrogen-bond acceptors (Lipinski definition) is 6.